The summed E-state index contributed by atoms with van der Waals surface area (Å²) in [5.74, 6) is 0.529. The molecule has 1 amide bonds. The van der Waals surface area contributed by atoms with E-state index in [1.165, 1.54) is 0 Å². The van der Waals surface area contributed by atoms with Crippen LogP contribution in [0.25, 0.3) is 0 Å². The highest BCUT2D eigenvalue weighted by Crippen LogP contribution is 2.18. The van der Waals surface area contributed by atoms with Crippen molar-refractivity contribution in [2.24, 2.45) is 0 Å². The van der Waals surface area contributed by atoms with Gasteiger partial charge in [-0.25, -0.2) is 8.42 Å². The standard InChI is InChI=1S/C13H22N2O3S/c1-2-6-15(12-5-9-19(17,18)11-12)10-13(16)14-7-3-4-8-14/h2,12H,1,3-11H2. The summed E-state index contributed by atoms with van der Waals surface area (Å²) in [6.45, 7) is 6.25. The minimum atomic E-state index is -2.91. The Kier molecular flexibility index (Phi) is 4.62. The summed E-state index contributed by atoms with van der Waals surface area (Å²) in [5.41, 5.74) is 0. The SMILES string of the molecule is C=CCN(CC(=O)N1CCCC1)C1CCS(=O)(=O)C1. The summed E-state index contributed by atoms with van der Waals surface area (Å²) in [7, 11) is -2.91. The first kappa shape index (κ1) is 14.5. The number of nitrogens with zero attached hydrogens (tertiary/aromatic N) is 2. The molecule has 0 N–H and O–H groups in total. The molecule has 2 saturated heterocycles. The van der Waals surface area contributed by atoms with Crippen LogP contribution in [0.2, 0.25) is 0 Å². The van der Waals surface area contributed by atoms with Crippen molar-refractivity contribution in [3.8, 4) is 0 Å². The third-order valence-electron chi connectivity index (χ3n) is 3.89. The van der Waals surface area contributed by atoms with Gasteiger partial charge in [0.1, 0.15) is 0 Å². The van der Waals surface area contributed by atoms with E-state index in [1.807, 2.05) is 9.80 Å². The minimum absolute atomic E-state index is 0.0328. The molecule has 108 valence electrons. The molecule has 5 nitrogen and oxygen atoms in total. The molecule has 0 aromatic heterocycles. The second kappa shape index (κ2) is 6.05. The number of hydrogen-bond acceptors (Lipinski definition) is 4. The Morgan fingerprint density at radius 2 is 2.05 bits per heavy atom. The van der Waals surface area contributed by atoms with Gasteiger partial charge >= 0.3 is 0 Å². The van der Waals surface area contributed by atoms with Crippen LogP contribution in [0, 0.1) is 0 Å². The smallest absolute Gasteiger partial charge is 0.236 e. The van der Waals surface area contributed by atoms with Gasteiger partial charge in [0.25, 0.3) is 0 Å². The third kappa shape index (κ3) is 3.79. The monoisotopic (exact) mass is 286 g/mol. The maximum atomic E-state index is 12.1. The fourth-order valence-electron chi connectivity index (χ4n) is 2.81. The number of rotatable bonds is 5. The van der Waals surface area contributed by atoms with Crippen LogP contribution < -0.4 is 0 Å². The predicted molar refractivity (Wildman–Crippen MR) is 74.6 cm³/mol. The number of hydrogen-bond donors (Lipinski definition) is 0. The van der Waals surface area contributed by atoms with Crippen LogP contribution >= 0.6 is 0 Å². The lowest BCUT2D eigenvalue weighted by molar-refractivity contribution is -0.131. The van der Waals surface area contributed by atoms with Gasteiger partial charge in [0.2, 0.25) is 5.91 Å². The van der Waals surface area contributed by atoms with E-state index in [-0.39, 0.29) is 23.5 Å². The third-order valence-corrected chi connectivity index (χ3v) is 5.64. The van der Waals surface area contributed by atoms with E-state index >= 15 is 0 Å². The summed E-state index contributed by atoms with van der Waals surface area (Å²) >= 11 is 0. The maximum absolute atomic E-state index is 12.1. The second-order valence-electron chi connectivity index (χ2n) is 5.36. The lowest BCUT2D eigenvalue weighted by Gasteiger charge is -2.28. The molecule has 0 aromatic carbocycles. The molecule has 0 radical (unpaired) electrons. The van der Waals surface area contributed by atoms with E-state index in [4.69, 9.17) is 0 Å². The minimum Gasteiger partial charge on any atom is -0.342 e. The van der Waals surface area contributed by atoms with Gasteiger partial charge in [0.15, 0.2) is 9.84 Å². The molecule has 0 bridgehead atoms. The summed E-state index contributed by atoms with van der Waals surface area (Å²) < 4.78 is 23.1. The lowest BCUT2D eigenvalue weighted by Crippen LogP contribution is -2.44. The number of carbonyl (C=O) groups is 1. The highest BCUT2D eigenvalue weighted by Gasteiger charge is 2.33. The topological polar surface area (TPSA) is 57.7 Å². The lowest BCUT2D eigenvalue weighted by atomic mass is 10.2. The molecule has 2 aliphatic rings. The van der Waals surface area contributed by atoms with E-state index in [0.717, 1.165) is 25.9 Å². The van der Waals surface area contributed by atoms with Gasteiger partial charge < -0.3 is 4.90 Å². The number of sulfone groups is 1. The summed E-state index contributed by atoms with van der Waals surface area (Å²) in [4.78, 5) is 16.0. The van der Waals surface area contributed by atoms with Gasteiger partial charge in [-0.15, -0.1) is 6.58 Å². The highest BCUT2D eigenvalue weighted by atomic mass is 32.2. The van der Waals surface area contributed by atoms with Crippen molar-refractivity contribution in [3.05, 3.63) is 12.7 Å². The first-order valence-electron chi connectivity index (χ1n) is 6.85. The van der Waals surface area contributed by atoms with Gasteiger partial charge in [0, 0.05) is 25.7 Å². The Morgan fingerprint density at radius 1 is 1.37 bits per heavy atom. The van der Waals surface area contributed by atoms with E-state index < -0.39 is 9.84 Å². The Hall–Kier alpha value is -0.880. The molecule has 6 heteroatoms. The van der Waals surface area contributed by atoms with Crippen molar-refractivity contribution in [2.45, 2.75) is 25.3 Å². The molecule has 0 spiro atoms. The Bertz CT molecular complexity index is 441. The fraction of sp³-hybridized carbons (Fsp3) is 0.769. The Morgan fingerprint density at radius 3 is 2.58 bits per heavy atom. The van der Waals surface area contributed by atoms with E-state index in [2.05, 4.69) is 6.58 Å². The maximum Gasteiger partial charge on any atom is 0.236 e. The van der Waals surface area contributed by atoms with Crippen LogP contribution in [0.3, 0.4) is 0 Å². The number of likely N-dealkylation sites (tertiary alicyclic amines) is 1. The molecule has 1 atom stereocenters. The number of carbonyl (C=O) groups excluding carboxylic acids is 1. The summed E-state index contributed by atoms with van der Waals surface area (Å²) in [6, 6.07) is -0.0328. The van der Waals surface area contributed by atoms with Gasteiger partial charge in [-0.2, -0.15) is 0 Å². The quantitative estimate of drug-likeness (QED) is 0.681. The molecule has 0 aliphatic carbocycles. The zero-order valence-electron chi connectivity index (χ0n) is 11.3. The first-order chi connectivity index (χ1) is 9.02. The second-order valence-corrected chi connectivity index (χ2v) is 7.59. The average Bonchev–Trinajstić information content (AvgIpc) is 2.97. The molecule has 2 heterocycles. The molecule has 19 heavy (non-hydrogen) atoms. The summed E-state index contributed by atoms with van der Waals surface area (Å²) in [5, 5.41) is 0. The van der Waals surface area contributed by atoms with Gasteiger partial charge in [-0.3, -0.25) is 9.69 Å². The summed E-state index contributed by atoms with van der Waals surface area (Å²) in [6.07, 6.45) is 4.52. The zero-order chi connectivity index (χ0) is 13.9. The normalized spacial score (nSPS) is 25.9. The molecule has 2 rings (SSSR count). The van der Waals surface area contributed by atoms with Crippen LogP contribution in [-0.4, -0.2) is 67.9 Å². The first-order valence-corrected chi connectivity index (χ1v) is 8.67. The average molecular weight is 286 g/mol. The van der Waals surface area contributed by atoms with Crippen LogP contribution in [0.5, 0.6) is 0 Å². The van der Waals surface area contributed by atoms with E-state index in [0.29, 0.717) is 19.5 Å². The van der Waals surface area contributed by atoms with Crippen LogP contribution in [0.15, 0.2) is 12.7 Å². The van der Waals surface area contributed by atoms with Crippen molar-refractivity contribution in [3.63, 3.8) is 0 Å². The Balaban J connectivity index is 1.96. The van der Waals surface area contributed by atoms with Gasteiger partial charge in [0.05, 0.1) is 18.1 Å². The van der Waals surface area contributed by atoms with Gasteiger partial charge in [-0.1, -0.05) is 6.08 Å². The van der Waals surface area contributed by atoms with Crippen LogP contribution in [-0.2, 0) is 14.6 Å². The van der Waals surface area contributed by atoms with Crippen molar-refractivity contribution >= 4 is 15.7 Å². The fourth-order valence-corrected chi connectivity index (χ4v) is 4.57. The highest BCUT2D eigenvalue weighted by molar-refractivity contribution is 7.91. The largest absolute Gasteiger partial charge is 0.342 e. The molecule has 2 fully saturated rings. The van der Waals surface area contributed by atoms with Crippen LogP contribution in [0.4, 0.5) is 0 Å². The number of amides is 1. The Labute approximate surface area is 115 Å². The van der Waals surface area contributed by atoms with Crippen molar-refractivity contribution in [2.75, 3.05) is 37.7 Å². The molecule has 0 saturated carbocycles. The van der Waals surface area contributed by atoms with E-state index in [1.54, 1.807) is 6.08 Å². The van der Waals surface area contributed by atoms with E-state index in [9.17, 15) is 13.2 Å². The van der Waals surface area contributed by atoms with Crippen molar-refractivity contribution in [1.29, 1.82) is 0 Å². The molecular weight excluding hydrogens is 264 g/mol. The van der Waals surface area contributed by atoms with Gasteiger partial charge in [-0.05, 0) is 19.3 Å². The molecule has 2 aliphatic heterocycles. The van der Waals surface area contributed by atoms with Crippen molar-refractivity contribution < 1.29 is 13.2 Å². The zero-order valence-corrected chi connectivity index (χ0v) is 12.1. The predicted octanol–water partition coefficient (Wildman–Crippen LogP) is 0.284. The molecule has 0 aromatic rings. The molecular formula is C13H22N2O3S. The van der Waals surface area contributed by atoms with Crippen molar-refractivity contribution in [1.82, 2.24) is 9.80 Å². The molecule has 1 unspecified atom stereocenters. The van der Waals surface area contributed by atoms with Crippen LogP contribution in [0.1, 0.15) is 19.3 Å².